The lowest BCUT2D eigenvalue weighted by Gasteiger charge is -2.08. The summed E-state index contributed by atoms with van der Waals surface area (Å²) in [6, 6.07) is 23.3. The molecule has 0 bridgehead atoms. The summed E-state index contributed by atoms with van der Waals surface area (Å²) in [5, 5.41) is 4.11. The molecule has 102 heavy (non-hydrogen) atoms. The predicted molar refractivity (Wildman–Crippen MR) is 407 cm³/mol. The van der Waals surface area contributed by atoms with Gasteiger partial charge in [-0.25, -0.2) is 8.78 Å². The number of ether oxygens (including phenoxy) is 7. The molecule has 0 unspecified atom stereocenters. The van der Waals surface area contributed by atoms with Crippen LogP contribution in [0.4, 0.5) is 8.78 Å². The smallest absolute Gasteiger partial charge is 0.197 e. The Morgan fingerprint density at radius 3 is 1.06 bits per heavy atom. The van der Waals surface area contributed by atoms with Gasteiger partial charge < -0.3 is 42.7 Å². The first-order valence-electron chi connectivity index (χ1n) is 31.7. The summed E-state index contributed by atoms with van der Waals surface area (Å²) in [5.41, 5.74) is 1.05. The maximum Gasteiger partial charge on any atom is 0.197 e. The molecule has 3 atom stereocenters. The summed E-state index contributed by atoms with van der Waals surface area (Å²) in [4.78, 5) is 119. The minimum atomic E-state index is -0.549. The lowest BCUT2D eigenvalue weighted by atomic mass is 10.00. The van der Waals surface area contributed by atoms with Crippen LogP contribution < -0.4 is 33.2 Å². The molecule has 0 fully saturated rings. The molecule has 0 aliphatic rings. The second-order valence-corrected chi connectivity index (χ2v) is 30.5. The van der Waals surface area contributed by atoms with E-state index in [9.17, 15) is 56.7 Å². The zero-order valence-corrected chi connectivity index (χ0v) is 65.6. The average Bonchev–Trinajstić information content (AvgIpc) is 1.67. The fourth-order valence-electron chi connectivity index (χ4n) is 9.74. The summed E-state index contributed by atoms with van der Waals surface area (Å²) in [5.74, 6) is 0.641. The van der Waals surface area contributed by atoms with E-state index in [1.165, 1.54) is 132 Å². The number of Topliss-reactive ketones (excluding diaryl/α,β-unsaturated/α-hetero) is 10. The van der Waals surface area contributed by atoms with Crippen molar-refractivity contribution >= 4 is 192 Å². The highest BCUT2D eigenvalue weighted by molar-refractivity contribution is 9.10. The topological polar surface area (TPSA) is 235 Å². The first-order valence-corrected chi connectivity index (χ1v) is 36.9. The Morgan fingerprint density at radius 1 is 0.382 bits per heavy atom. The summed E-state index contributed by atoms with van der Waals surface area (Å²) < 4.78 is 69.7. The zero-order valence-electron chi connectivity index (χ0n) is 59.2. The van der Waals surface area contributed by atoms with Crippen molar-refractivity contribution < 1.29 is 89.9 Å². The molecule has 0 saturated carbocycles. The van der Waals surface area contributed by atoms with E-state index in [1.54, 1.807) is 60.3 Å². The van der Waals surface area contributed by atoms with Gasteiger partial charge in [-0.2, -0.15) is 0 Å². The number of carbonyl (C=O) groups is 10. The molecule has 26 heteroatoms. The molecule has 5 heterocycles. The average molecular weight is 1580 g/mol. The highest BCUT2D eigenvalue weighted by Crippen LogP contribution is 2.43. The largest absolute Gasteiger partial charge is 0.496 e. The molecule has 0 aliphatic heterocycles. The molecular formula is C76H78BrClF2O17S5. The van der Waals surface area contributed by atoms with Gasteiger partial charge in [0.15, 0.2) is 63.5 Å². The minimum Gasteiger partial charge on any atom is -0.496 e. The molecule has 542 valence electrons. The Labute approximate surface area is 622 Å². The first kappa shape index (κ1) is 82.8. The number of fused-ring (bicyclic) bond motifs is 5. The third-order valence-corrected chi connectivity index (χ3v) is 22.7. The maximum atomic E-state index is 14.4. The van der Waals surface area contributed by atoms with Gasteiger partial charge in [-0.1, -0.05) is 32.4 Å². The van der Waals surface area contributed by atoms with Gasteiger partial charge in [-0.3, -0.25) is 38.4 Å². The summed E-state index contributed by atoms with van der Waals surface area (Å²) >= 11 is 16.2. The third-order valence-electron chi connectivity index (χ3n) is 16.2. The number of hydrogen-bond donors (Lipinski definition) is 0. The predicted octanol–water partition coefficient (Wildman–Crippen LogP) is 20.1. The van der Waals surface area contributed by atoms with Gasteiger partial charge in [-0.15, -0.1) is 56.7 Å². The van der Waals surface area contributed by atoms with Crippen molar-refractivity contribution in [1.29, 1.82) is 0 Å². The van der Waals surface area contributed by atoms with Gasteiger partial charge in [0.05, 0.1) is 83.6 Å². The van der Waals surface area contributed by atoms with Crippen molar-refractivity contribution in [3.05, 3.63) is 130 Å². The van der Waals surface area contributed by atoms with Crippen LogP contribution in [0.1, 0.15) is 154 Å². The molecule has 0 spiro atoms. The highest BCUT2D eigenvalue weighted by atomic mass is 79.9. The van der Waals surface area contributed by atoms with Gasteiger partial charge in [-0.05, 0) is 146 Å². The van der Waals surface area contributed by atoms with Crippen LogP contribution in [0, 0.1) is 36.3 Å². The van der Waals surface area contributed by atoms with Crippen LogP contribution >= 0.6 is 84.2 Å². The number of rotatable bonds is 27. The number of aryl methyl sites for hydroxylation is 1. The fraction of sp³-hybridized carbons (Fsp3) is 0.342. The Hall–Kier alpha value is -8.17. The monoisotopic (exact) mass is 1570 g/mol. The van der Waals surface area contributed by atoms with E-state index in [1.807, 2.05) is 55.5 Å². The van der Waals surface area contributed by atoms with Crippen LogP contribution in [0.3, 0.4) is 0 Å². The van der Waals surface area contributed by atoms with Crippen molar-refractivity contribution in [2.75, 3.05) is 49.8 Å². The Bertz CT molecular complexity index is 4710. The second kappa shape index (κ2) is 37.8. The lowest BCUT2D eigenvalue weighted by Crippen LogP contribution is -2.11. The van der Waals surface area contributed by atoms with Crippen molar-refractivity contribution in [1.82, 2.24) is 0 Å². The van der Waals surface area contributed by atoms with E-state index in [4.69, 9.17) is 44.8 Å². The van der Waals surface area contributed by atoms with Crippen molar-refractivity contribution in [2.24, 2.45) is 17.8 Å². The van der Waals surface area contributed by atoms with Crippen LogP contribution in [0.5, 0.6) is 40.2 Å². The number of halogens is 4. The lowest BCUT2D eigenvalue weighted by molar-refractivity contribution is -0.120. The van der Waals surface area contributed by atoms with E-state index < -0.39 is 11.6 Å². The molecule has 10 rings (SSSR count). The van der Waals surface area contributed by atoms with E-state index in [-0.39, 0.29) is 144 Å². The molecule has 10 aromatic rings. The number of methoxy groups -OCH3 is 7. The molecule has 0 N–H and O–H groups in total. The Kier molecular flexibility index (Phi) is 30.7. The number of benzene rings is 5. The molecule has 0 saturated heterocycles. The van der Waals surface area contributed by atoms with E-state index in [0.29, 0.717) is 55.3 Å². The SMILES string of the molecule is COc1cc2cc(C(=O)CCC(C)=O)sc2cc1Cl.COc1cc2cc(C(=O)C[C@H](C)C(C)=O)sc2cc1C.COc1cc2sc(C(=O)CCC(C)=O)cc2c(F)c1OC.COc1cc2sc(C(=O)C[C@H](C)C(C)=O)cc2c(F)c1OC.COc1cc2sc(C(=O)C[C@H](C)C(C)=O)cc2cc1Br. The Balaban J connectivity index is 0.000000201. The van der Waals surface area contributed by atoms with Crippen molar-refractivity contribution in [3.63, 3.8) is 0 Å². The number of hydrogen-bond acceptors (Lipinski definition) is 22. The highest BCUT2D eigenvalue weighted by Gasteiger charge is 2.25. The van der Waals surface area contributed by atoms with Crippen LogP contribution in [-0.2, 0) is 24.0 Å². The fourth-order valence-corrected chi connectivity index (χ4v) is 15.8. The van der Waals surface area contributed by atoms with Crippen LogP contribution in [0.25, 0.3) is 50.4 Å². The van der Waals surface area contributed by atoms with E-state index >= 15 is 0 Å². The molecule has 17 nitrogen and oxygen atoms in total. The Morgan fingerprint density at radius 2 is 0.696 bits per heavy atom. The normalized spacial score (nSPS) is 11.7. The molecule has 0 radical (unpaired) electrons. The van der Waals surface area contributed by atoms with E-state index in [0.717, 1.165) is 51.8 Å². The standard InChI is InChI=1S/C16H17FO4S.C16H18O3S.C15H15BrO3S.C15H15FO4S.C14H13ClO3S/c1-8(9(2)18)5-11(19)14-6-10-13(22-14)7-12(20-3)16(21-4)15(10)17;1-9(11(3)17)5-13(18)16-8-12-7-14(19-4)10(2)6-15(12)20-16;1-8(9(2)17)4-12(18)15-6-10-5-11(16)13(19-3)7-14(10)20-15;1-8(17)4-5-10(18)13-6-9-12(21-13)7-11(19-2)15(20-3)14(9)16;1-8(16)3-4-11(17)14-6-9-5-12(18-2)10(15)7-13(9)19-14/h6-8H,5H2,1-4H3;6-9H,5H2,1-4H3;5-8H,4H2,1-3H3;6-7H,4-5H2,1-3H3;5-7H,3-4H2,1-2H3/t8-;9-;8-;;/m000../s1. The number of carbonyl (C=O) groups excluding carboxylic acids is 10. The summed E-state index contributed by atoms with van der Waals surface area (Å²) in [7, 11) is 10.4. The molecule has 0 aliphatic carbocycles. The van der Waals surface area contributed by atoms with Gasteiger partial charge in [0.1, 0.15) is 46.2 Å². The summed E-state index contributed by atoms with van der Waals surface area (Å²) in [6.45, 7) is 14.7. The summed E-state index contributed by atoms with van der Waals surface area (Å²) in [6.07, 6.45) is 1.54. The maximum absolute atomic E-state index is 14.4. The van der Waals surface area contributed by atoms with Crippen molar-refractivity contribution in [3.8, 4) is 40.2 Å². The van der Waals surface area contributed by atoms with E-state index in [2.05, 4.69) is 15.9 Å². The number of ketones is 10. The van der Waals surface area contributed by atoms with Gasteiger partial charge in [0.2, 0.25) is 0 Å². The quantitative estimate of drug-likeness (QED) is 0.0435. The van der Waals surface area contributed by atoms with Crippen LogP contribution in [-0.4, -0.2) is 108 Å². The molecule has 5 aromatic heterocycles. The molecule has 5 aromatic carbocycles. The van der Waals surface area contributed by atoms with Crippen LogP contribution in [0.15, 0.2) is 83.3 Å². The van der Waals surface area contributed by atoms with Crippen molar-refractivity contribution in [2.45, 2.75) is 107 Å². The van der Waals surface area contributed by atoms with Crippen LogP contribution in [0.2, 0.25) is 5.02 Å². The molecule has 0 amide bonds. The third kappa shape index (κ3) is 21.5. The van der Waals surface area contributed by atoms with Gasteiger partial charge >= 0.3 is 0 Å². The second-order valence-electron chi connectivity index (χ2n) is 23.8. The first-order chi connectivity index (χ1) is 48.2. The minimum absolute atomic E-state index is 0.00788. The number of thiophene rings is 5. The molecular weight excluding hydrogens is 1500 g/mol. The zero-order chi connectivity index (χ0) is 75.7. The van der Waals surface area contributed by atoms with Gasteiger partial charge in [0, 0.05) is 109 Å². The van der Waals surface area contributed by atoms with Gasteiger partial charge in [0.25, 0.3) is 0 Å².